The highest BCUT2D eigenvalue weighted by Gasteiger charge is 2.50. The first kappa shape index (κ1) is 17.4. The summed E-state index contributed by atoms with van der Waals surface area (Å²) in [6.07, 6.45) is 6.64. The average molecular weight is 361 g/mol. The number of pyridine rings is 1. The van der Waals surface area contributed by atoms with E-state index < -0.39 is 11.2 Å². The Labute approximate surface area is 152 Å². The molecule has 4 rings (SSSR count). The van der Waals surface area contributed by atoms with Gasteiger partial charge in [0.15, 0.2) is 5.82 Å². The van der Waals surface area contributed by atoms with Crippen molar-refractivity contribution >= 4 is 11.8 Å². The molecule has 0 saturated carbocycles. The Balaban J connectivity index is 1.50. The van der Waals surface area contributed by atoms with Gasteiger partial charge in [0.05, 0.1) is 17.2 Å². The highest BCUT2D eigenvalue weighted by Crippen LogP contribution is 2.41. The Morgan fingerprint density at radius 1 is 1.27 bits per heavy atom. The smallest absolute Gasteiger partial charge is 0.256 e. The number of hydrogen-bond donors (Lipinski definition) is 0. The van der Waals surface area contributed by atoms with Gasteiger partial charge in [0.2, 0.25) is 5.91 Å². The van der Waals surface area contributed by atoms with Crippen molar-refractivity contribution in [2.24, 2.45) is 5.41 Å². The molecule has 140 valence electrons. The highest BCUT2D eigenvalue weighted by atomic mass is 19.1. The van der Waals surface area contributed by atoms with Crippen molar-refractivity contribution in [1.82, 2.24) is 14.8 Å². The van der Waals surface area contributed by atoms with Crippen LogP contribution < -0.4 is 0 Å². The number of carbonyl (C=O) groups excluding carboxylic acids is 2. The van der Waals surface area contributed by atoms with E-state index in [1.54, 1.807) is 4.90 Å². The maximum absolute atomic E-state index is 13.9. The Kier molecular flexibility index (Phi) is 4.65. The number of rotatable bonds is 2. The van der Waals surface area contributed by atoms with Crippen LogP contribution in [-0.4, -0.2) is 65.5 Å². The van der Waals surface area contributed by atoms with E-state index in [1.807, 2.05) is 4.90 Å². The number of hydrogen-bond acceptors (Lipinski definition) is 4. The molecule has 1 aromatic heterocycles. The zero-order valence-electron chi connectivity index (χ0n) is 14.8. The minimum Gasteiger partial charge on any atom is -0.381 e. The second-order valence-corrected chi connectivity index (χ2v) is 7.56. The molecule has 3 aliphatic heterocycles. The van der Waals surface area contributed by atoms with Crippen LogP contribution >= 0.6 is 0 Å². The summed E-state index contributed by atoms with van der Waals surface area (Å²) in [6, 6.07) is 1.65. The molecule has 0 radical (unpaired) electrons. The zero-order chi connectivity index (χ0) is 18.1. The first-order chi connectivity index (χ1) is 12.6. The molecule has 4 heterocycles. The standard InChI is InChI=1S/C19H24FN3O3/c20-16-12-21-7-2-15(16)17(24)22-9-6-19(13-22)5-1-8-23(18(19)25)14-3-10-26-11-4-14/h2,7,12,14H,1,3-6,8-11,13H2/t19-/m1/s1. The van der Waals surface area contributed by atoms with E-state index in [1.165, 1.54) is 12.3 Å². The molecule has 3 aliphatic rings. The van der Waals surface area contributed by atoms with Crippen LogP contribution in [0.1, 0.15) is 42.5 Å². The second kappa shape index (κ2) is 6.95. The Morgan fingerprint density at radius 3 is 2.85 bits per heavy atom. The molecule has 1 spiro atoms. The summed E-state index contributed by atoms with van der Waals surface area (Å²) in [5.74, 6) is -0.795. The summed E-state index contributed by atoms with van der Waals surface area (Å²) in [7, 11) is 0. The van der Waals surface area contributed by atoms with Gasteiger partial charge in [0.1, 0.15) is 0 Å². The largest absolute Gasteiger partial charge is 0.381 e. The molecule has 2 amide bonds. The molecule has 7 heteroatoms. The first-order valence-electron chi connectivity index (χ1n) is 9.38. The minimum atomic E-state index is -0.614. The third-order valence-electron chi connectivity index (χ3n) is 6.04. The van der Waals surface area contributed by atoms with Gasteiger partial charge >= 0.3 is 0 Å². The van der Waals surface area contributed by atoms with E-state index >= 15 is 0 Å². The summed E-state index contributed by atoms with van der Waals surface area (Å²) in [5.41, 5.74) is -0.475. The zero-order valence-corrected chi connectivity index (χ0v) is 14.8. The molecule has 1 atom stereocenters. The fourth-order valence-electron chi connectivity index (χ4n) is 4.59. The van der Waals surface area contributed by atoms with Gasteiger partial charge in [-0.05, 0) is 38.2 Å². The molecule has 0 aliphatic carbocycles. The van der Waals surface area contributed by atoms with Crippen molar-refractivity contribution in [3.63, 3.8) is 0 Å². The Morgan fingerprint density at radius 2 is 2.08 bits per heavy atom. The molecular weight excluding hydrogens is 337 g/mol. The quantitative estimate of drug-likeness (QED) is 0.807. The van der Waals surface area contributed by atoms with E-state index in [9.17, 15) is 14.0 Å². The summed E-state index contributed by atoms with van der Waals surface area (Å²) in [6.45, 7) is 3.07. The van der Waals surface area contributed by atoms with E-state index in [4.69, 9.17) is 4.74 Å². The predicted octanol–water partition coefficient (Wildman–Crippen LogP) is 1.85. The molecule has 6 nitrogen and oxygen atoms in total. The van der Waals surface area contributed by atoms with Crippen LogP contribution in [0.4, 0.5) is 4.39 Å². The lowest BCUT2D eigenvalue weighted by Crippen LogP contribution is -2.55. The lowest BCUT2D eigenvalue weighted by atomic mass is 9.77. The van der Waals surface area contributed by atoms with Crippen molar-refractivity contribution in [2.75, 3.05) is 32.8 Å². The van der Waals surface area contributed by atoms with Gasteiger partial charge in [0.25, 0.3) is 5.91 Å². The van der Waals surface area contributed by atoms with Crippen LogP contribution in [0, 0.1) is 11.2 Å². The Hall–Kier alpha value is -2.02. The maximum atomic E-state index is 13.9. The fourth-order valence-corrected chi connectivity index (χ4v) is 4.59. The molecule has 3 saturated heterocycles. The second-order valence-electron chi connectivity index (χ2n) is 7.56. The number of likely N-dealkylation sites (tertiary alicyclic amines) is 2. The molecule has 26 heavy (non-hydrogen) atoms. The number of ether oxygens (including phenoxy) is 1. The number of aromatic nitrogens is 1. The molecule has 0 N–H and O–H groups in total. The van der Waals surface area contributed by atoms with Crippen LogP contribution in [-0.2, 0) is 9.53 Å². The third kappa shape index (κ3) is 2.98. The lowest BCUT2D eigenvalue weighted by molar-refractivity contribution is -0.150. The van der Waals surface area contributed by atoms with Gasteiger partial charge in [-0.25, -0.2) is 4.39 Å². The van der Waals surface area contributed by atoms with Crippen molar-refractivity contribution in [2.45, 2.75) is 38.1 Å². The summed E-state index contributed by atoms with van der Waals surface area (Å²) < 4.78 is 19.3. The van der Waals surface area contributed by atoms with Crippen molar-refractivity contribution in [3.8, 4) is 0 Å². The van der Waals surface area contributed by atoms with Gasteiger partial charge < -0.3 is 14.5 Å². The Bertz CT molecular complexity index is 707. The van der Waals surface area contributed by atoms with Gasteiger partial charge in [-0.3, -0.25) is 14.6 Å². The molecule has 0 unspecified atom stereocenters. The van der Waals surface area contributed by atoms with Crippen molar-refractivity contribution in [1.29, 1.82) is 0 Å². The first-order valence-corrected chi connectivity index (χ1v) is 9.38. The van der Waals surface area contributed by atoms with E-state index in [0.717, 1.165) is 38.4 Å². The molecule has 3 fully saturated rings. The monoisotopic (exact) mass is 361 g/mol. The average Bonchev–Trinajstić information content (AvgIpc) is 3.10. The van der Waals surface area contributed by atoms with E-state index in [0.29, 0.717) is 32.7 Å². The topological polar surface area (TPSA) is 62.7 Å². The van der Waals surface area contributed by atoms with Gasteiger partial charge in [0, 0.05) is 45.1 Å². The van der Waals surface area contributed by atoms with Crippen LogP contribution in [0.25, 0.3) is 0 Å². The summed E-state index contributed by atoms with van der Waals surface area (Å²) >= 11 is 0. The highest BCUT2D eigenvalue weighted by molar-refractivity contribution is 5.95. The number of piperidine rings is 1. The van der Waals surface area contributed by atoms with Crippen LogP contribution in [0.5, 0.6) is 0 Å². The van der Waals surface area contributed by atoms with Crippen LogP contribution in [0.15, 0.2) is 18.5 Å². The van der Waals surface area contributed by atoms with Crippen LogP contribution in [0.3, 0.4) is 0 Å². The van der Waals surface area contributed by atoms with Gasteiger partial charge in [-0.15, -0.1) is 0 Å². The van der Waals surface area contributed by atoms with E-state index in [2.05, 4.69) is 4.98 Å². The van der Waals surface area contributed by atoms with Gasteiger partial charge in [-0.1, -0.05) is 0 Å². The molecule has 1 aromatic rings. The van der Waals surface area contributed by atoms with Crippen molar-refractivity contribution < 1.29 is 18.7 Å². The lowest BCUT2D eigenvalue weighted by Gasteiger charge is -2.44. The molecule has 0 aromatic carbocycles. The fraction of sp³-hybridized carbons (Fsp3) is 0.632. The summed E-state index contributed by atoms with van der Waals surface area (Å²) in [5, 5.41) is 0. The number of carbonyl (C=O) groups is 2. The predicted molar refractivity (Wildman–Crippen MR) is 91.9 cm³/mol. The van der Waals surface area contributed by atoms with Crippen LogP contribution in [0.2, 0.25) is 0 Å². The third-order valence-corrected chi connectivity index (χ3v) is 6.04. The maximum Gasteiger partial charge on any atom is 0.256 e. The van der Waals surface area contributed by atoms with E-state index in [-0.39, 0.29) is 23.4 Å². The normalized spacial score (nSPS) is 27.3. The number of amides is 2. The summed E-state index contributed by atoms with van der Waals surface area (Å²) in [4.78, 5) is 33.3. The SMILES string of the molecule is O=C(c1ccncc1F)N1CC[C@]2(CCCN(C3CCOCC3)C2=O)C1. The molecular formula is C19H24FN3O3. The molecule has 0 bridgehead atoms. The van der Waals surface area contributed by atoms with Gasteiger partial charge in [-0.2, -0.15) is 0 Å². The number of halogens is 1. The minimum absolute atomic E-state index is 0.0293. The number of nitrogens with zero attached hydrogens (tertiary/aromatic N) is 3. The van der Waals surface area contributed by atoms with Crippen molar-refractivity contribution in [3.05, 3.63) is 29.8 Å².